The summed E-state index contributed by atoms with van der Waals surface area (Å²) in [5.74, 6) is -1.62. The minimum Gasteiger partial charge on any atom is -0.506 e. The molecular weight excluding hydrogens is 196 g/mol. The van der Waals surface area contributed by atoms with Gasteiger partial charge in [0.2, 0.25) is 0 Å². The Morgan fingerprint density at radius 1 is 1.46 bits per heavy atom. The summed E-state index contributed by atoms with van der Waals surface area (Å²) in [4.78, 5) is 10.3. The van der Waals surface area contributed by atoms with E-state index in [4.69, 9.17) is 26.9 Å². The van der Waals surface area contributed by atoms with Crippen LogP contribution in [0.1, 0.15) is 11.7 Å². The van der Waals surface area contributed by atoms with Gasteiger partial charge in [0.25, 0.3) is 0 Å². The summed E-state index contributed by atoms with van der Waals surface area (Å²) in [6.07, 6.45) is -1.64. The number of benzene rings is 1. The standard InChI is InChI=1S/C8H7ClO4/c9-5-2-1-4(3-6(5)10)7(11)8(12)13/h1-3,7,10-11H,(H,12,13). The van der Waals surface area contributed by atoms with Crippen molar-refractivity contribution in [3.63, 3.8) is 0 Å². The first kappa shape index (κ1) is 9.83. The van der Waals surface area contributed by atoms with Crippen LogP contribution in [0.3, 0.4) is 0 Å². The van der Waals surface area contributed by atoms with Crippen molar-refractivity contribution in [2.45, 2.75) is 6.10 Å². The maximum Gasteiger partial charge on any atom is 0.337 e. The highest BCUT2D eigenvalue weighted by molar-refractivity contribution is 6.32. The van der Waals surface area contributed by atoms with Gasteiger partial charge in [-0.05, 0) is 17.7 Å². The molecule has 1 atom stereocenters. The second-order valence-corrected chi connectivity index (χ2v) is 2.86. The van der Waals surface area contributed by atoms with Crippen molar-refractivity contribution in [3.05, 3.63) is 28.8 Å². The fourth-order valence-corrected chi connectivity index (χ4v) is 0.960. The van der Waals surface area contributed by atoms with Gasteiger partial charge in [-0.25, -0.2) is 4.79 Å². The quantitative estimate of drug-likeness (QED) is 0.673. The first-order valence-electron chi connectivity index (χ1n) is 3.41. The van der Waals surface area contributed by atoms with Crippen LogP contribution in [0.4, 0.5) is 0 Å². The van der Waals surface area contributed by atoms with E-state index in [0.29, 0.717) is 0 Å². The molecular formula is C8H7ClO4. The Labute approximate surface area is 79.0 Å². The molecule has 0 aliphatic carbocycles. The Hall–Kier alpha value is -1.26. The zero-order chi connectivity index (χ0) is 10.0. The number of hydrogen-bond acceptors (Lipinski definition) is 3. The maximum absolute atomic E-state index is 10.3. The van der Waals surface area contributed by atoms with Crippen molar-refractivity contribution in [2.24, 2.45) is 0 Å². The number of aromatic hydroxyl groups is 1. The Morgan fingerprint density at radius 2 is 2.08 bits per heavy atom. The second-order valence-electron chi connectivity index (χ2n) is 2.45. The van der Waals surface area contributed by atoms with Gasteiger partial charge in [0.1, 0.15) is 5.75 Å². The number of carboxylic acids is 1. The highest BCUT2D eigenvalue weighted by Crippen LogP contribution is 2.26. The van der Waals surface area contributed by atoms with Crippen LogP contribution in [0.25, 0.3) is 0 Å². The molecule has 0 saturated carbocycles. The van der Waals surface area contributed by atoms with Crippen LogP contribution in [0.5, 0.6) is 5.75 Å². The summed E-state index contributed by atoms with van der Waals surface area (Å²) in [6, 6.07) is 3.76. The molecule has 0 amide bonds. The lowest BCUT2D eigenvalue weighted by atomic mass is 10.1. The van der Waals surface area contributed by atoms with E-state index in [1.165, 1.54) is 12.1 Å². The molecule has 0 saturated heterocycles. The molecule has 1 unspecified atom stereocenters. The van der Waals surface area contributed by atoms with Crippen LogP contribution in [-0.2, 0) is 4.79 Å². The lowest BCUT2D eigenvalue weighted by Crippen LogP contribution is -2.09. The molecule has 13 heavy (non-hydrogen) atoms. The van der Waals surface area contributed by atoms with Crippen molar-refractivity contribution in [3.8, 4) is 5.75 Å². The molecule has 3 N–H and O–H groups in total. The SMILES string of the molecule is O=C(O)C(O)c1ccc(Cl)c(O)c1. The molecule has 5 heteroatoms. The third-order valence-corrected chi connectivity index (χ3v) is 1.84. The Bertz CT molecular complexity index is 337. The zero-order valence-electron chi connectivity index (χ0n) is 6.44. The van der Waals surface area contributed by atoms with Gasteiger partial charge >= 0.3 is 5.97 Å². The van der Waals surface area contributed by atoms with Gasteiger partial charge in [0.15, 0.2) is 6.10 Å². The Morgan fingerprint density at radius 3 is 2.54 bits per heavy atom. The van der Waals surface area contributed by atoms with E-state index >= 15 is 0 Å². The van der Waals surface area contributed by atoms with Crippen LogP contribution < -0.4 is 0 Å². The monoisotopic (exact) mass is 202 g/mol. The molecule has 0 fully saturated rings. The van der Waals surface area contributed by atoms with E-state index in [2.05, 4.69) is 0 Å². The fraction of sp³-hybridized carbons (Fsp3) is 0.125. The topological polar surface area (TPSA) is 77.8 Å². The summed E-state index contributed by atoms with van der Waals surface area (Å²) in [6.45, 7) is 0. The first-order chi connectivity index (χ1) is 6.02. The van der Waals surface area contributed by atoms with E-state index in [9.17, 15) is 4.79 Å². The lowest BCUT2D eigenvalue weighted by molar-refractivity contribution is -0.146. The van der Waals surface area contributed by atoms with Crippen LogP contribution in [-0.4, -0.2) is 21.3 Å². The number of phenols is 1. The van der Waals surface area contributed by atoms with E-state index in [-0.39, 0.29) is 16.3 Å². The Kier molecular flexibility index (Phi) is 2.75. The van der Waals surface area contributed by atoms with E-state index in [1.807, 2.05) is 0 Å². The number of aliphatic carboxylic acids is 1. The summed E-state index contributed by atoms with van der Waals surface area (Å²) in [5.41, 5.74) is 0.0920. The van der Waals surface area contributed by atoms with Gasteiger partial charge in [-0.15, -0.1) is 0 Å². The molecule has 0 spiro atoms. The average Bonchev–Trinajstić information content (AvgIpc) is 2.08. The van der Waals surface area contributed by atoms with Gasteiger partial charge in [-0.2, -0.15) is 0 Å². The molecule has 1 rings (SSSR count). The van der Waals surface area contributed by atoms with Gasteiger partial charge in [0.05, 0.1) is 5.02 Å². The highest BCUT2D eigenvalue weighted by Gasteiger charge is 2.16. The molecule has 0 aliphatic rings. The molecule has 4 nitrogen and oxygen atoms in total. The number of aliphatic hydroxyl groups is 1. The van der Waals surface area contributed by atoms with Crippen molar-refractivity contribution < 1.29 is 20.1 Å². The normalized spacial score (nSPS) is 12.5. The van der Waals surface area contributed by atoms with E-state index in [1.54, 1.807) is 0 Å². The smallest absolute Gasteiger partial charge is 0.337 e. The van der Waals surface area contributed by atoms with Crippen molar-refractivity contribution in [2.75, 3.05) is 0 Å². The maximum atomic E-state index is 10.3. The predicted octanol–water partition coefficient (Wildman–Crippen LogP) is 1.16. The second kappa shape index (κ2) is 3.64. The van der Waals surface area contributed by atoms with Gasteiger partial charge in [-0.3, -0.25) is 0 Å². The first-order valence-corrected chi connectivity index (χ1v) is 3.79. The van der Waals surface area contributed by atoms with Crippen molar-refractivity contribution in [1.82, 2.24) is 0 Å². The summed E-state index contributed by atoms with van der Waals surface area (Å²) in [7, 11) is 0. The summed E-state index contributed by atoms with van der Waals surface area (Å²) in [5, 5.41) is 26.7. The number of aliphatic hydroxyl groups excluding tert-OH is 1. The summed E-state index contributed by atoms with van der Waals surface area (Å²) < 4.78 is 0. The van der Waals surface area contributed by atoms with E-state index in [0.717, 1.165) is 6.07 Å². The molecule has 0 bridgehead atoms. The molecule has 0 aliphatic heterocycles. The van der Waals surface area contributed by atoms with Crippen LogP contribution in [0, 0.1) is 0 Å². The minimum absolute atomic E-state index is 0.0920. The average molecular weight is 203 g/mol. The predicted molar refractivity (Wildman–Crippen MR) is 45.7 cm³/mol. The van der Waals surface area contributed by atoms with Crippen LogP contribution >= 0.6 is 11.6 Å². The molecule has 0 aromatic heterocycles. The largest absolute Gasteiger partial charge is 0.506 e. The van der Waals surface area contributed by atoms with Gasteiger partial charge in [-0.1, -0.05) is 17.7 Å². The zero-order valence-corrected chi connectivity index (χ0v) is 7.19. The van der Waals surface area contributed by atoms with Gasteiger partial charge in [0, 0.05) is 0 Å². The minimum atomic E-state index is -1.64. The fourth-order valence-electron chi connectivity index (χ4n) is 0.842. The number of phenolic OH excluding ortho intramolecular Hbond substituents is 1. The van der Waals surface area contributed by atoms with Crippen molar-refractivity contribution >= 4 is 17.6 Å². The number of carboxylic acid groups (broad SMARTS) is 1. The third-order valence-electron chi connectivity index (χ3n) is 1.52. The number of halogens is 1. The molecule has 1 aromatic carbocycles. The van der Waals surface area contributed by atoms with Gasteiger partial charge < -0.3 is 15.3 Å². The highest BCUT2D eigenvalue weighted by atomic mass is 35.5. The number of carbonyl (C=O) groups is 1. The molecule has 70 valence electrons. The van der Waals surface area contributed by atoms with Crippen LogP contribution in [0.15, 0.2) is 18.2 Å². The number of rotatable bonds is 2. The molecule has 1 aromatic rings. The van der Waals surface area contributed by atoms with Crippen molar-refractivity contribution in [1.29, 1.82) is 0 Å². The molecule has 0 heterocycles. The summed E-state index contributed by atoms with van der Waals surface area (Å²) >= 11 is 5.49. The van der Waals surface area contributed by atoms with Crippen LogP contribution in [0.2, 0.25) is 5.02 Å². The Balaban J connectivity index is 3.03. The van der Waals surface area contributed by atoms with E-state index < -0.39 is 12.1 Å². The lowest BCUT2D eigenvalue weighted by Gasteiger charge is -2.06. The molecule has 0 radical (unpaired) electrons. The number of hydrogen-bond donors (Lipinski definition) is 3. The third kappa shape index (κ3) is 2.11.